The summed E-state index contributed by atoms with van der Waals surface area (Å²) >= 11 is 0. The van der Waals surface area contributed by atoms with E-state index < -0.39 is 6.10 Å². The lowest BCUT2D eigenvalue weighted by Crippen LogP contribution is -2.39. The first-order chi connectivity index (χ1) is 17.0. The summed E-state index contributed by atoms with van der Waals surface area (Å²) in [5, 5.41) is 13.2. The Hall–Kier alpha value is -3.43. The van der Waals surface area contributed by atoms with E-state index in [0.717, 1.165) is 36.4 Å². The number of aryl methyl sites for hydroxylation is 1. The summed E-state index contributed by atoms with van der Waals surface area (Å²) in [6.45, 7) is 5.17. The highest BCUT2D eigenvalue weighted by molar-refractivity contribution is 5.96. The molecule has 1 aliphatic heterocycles. The van der Waals surface area contributed by atoms with Crippen LogP contribution in [0.15, 0.2) is 42.7 Å². The van der Waals surface area contributed by atoms with Gasteiger partial charge in [-0.05, 0) is 62.6 Å². The third kappa shape index (κ3) is 5.98. The van der Waals surface area contributed by atoms with Crippen molar-refractivity contribution in [1.82, 2.24) is 14.9 Å². The molecule has 1 fully saturated rings. The number of carbonyl (C=O) groups excluding carboxylic acids is 1. The lowest BCUT2D eigenvalue weighted by molar-refractivity contribution is -0.136. The average Bonchev–Trinajstić information content (AvgIpc) is 3.37. The van der Waals surface area contributed by atoms with Gasteiger partial charge in [0.25, 0.3) is 5.91 Å². The van der Waals surface area contributed by atoms with E-state index in [2.05, 4.69) is 15.3 Å². The maximum absolute atomic E-state index is 12.6. The van der Waals surface area contributed by atoms with Gasteiger partial charge in [0.15, 0.2) is 6.10 Å². The van der Waals surface area contributed by atoms with E-state index in [4.69, 9.17) is 19.3 Å². The van der Waals surface area contributed by atoms with Crippen LogP contribution in [-0.2, 0) is 9.53 Å². The standard InChI is InChI=1S/C26H32N4O5/c1-17-14-19(9-10-22(17)34-15-20-6-5-13-33-20)29-25-24-21(27-16-28-25)7-4-8-23(24)35-18(2)26(32)30(3)11-12-31/h4,7-10,14,16,18,20,31H,5-6,11-13,15H2,1-3H3,(H,27,28,29)/t18-,20?/m1/s1. The number of fused-ring (bicyclic) bond motifs is 1. The highest BCUT2D eigenvalue weighted by Crippen LogP contribution is 2.33. The number of benzene rings is 2. The number of aliphatic hydroxyl groups excluding tert-OH is 1. The molecule has 9 heteroatoms. The van der Waals surface area contributed by atoms with E-state index in [0.29, 0.717) is 29.1 Å². The van der Waals surface area contributed by atoms with E-state index in [1.807, 2.05) is 37.3 Å². The molecular weight excluding hydrogens is 448 g/mol. The van der Waals surface area contributed by atoms with Gasteiger partial charge in [-0.1, -0.05) is 6.07 Å². The fourth-order valence-electron chi connectivity index (χ4n) is 4.07. The molecule has 1 saturated heterocycles. The topological polar surface area (TPSA) is 106 Å². The molecular formula is C26H32N4O5. The van der Waals surface area contributed by atoms with Crippen molar-refractivity contribution >= 4 is 28.3 Å². The zero-order valence-electron chi connectivity index (χ0n) is 20.4. The molecule has 0 spiro atoms. The summed E-state index contributed by atoms with van der Waals surface area (Å²) < 4.78 is 17.6. The predicted octanol–water partition coefficient (Wildman–Crippen LogP) is 3.46. The Morgan fingerprint density at radius 3 is 2.89 bits per heavy atom. The van der Waals surface area contributed by atoms with Crippen molar-refractivity contribution in [2.45, 2.75) is 38.9 Å². The molecule has 9 nitrogen and oxygen atoms in total. The molecule has 1 aliphatic rings. The number of rotatable bonds is 10. The van der Waals surface area contributed by atoms with E-state index in [1.165, 1.54) is 11.2 Å². The van der Waals surface area contributed by atoms with Crippen molar-refractivity contribution < 1.29 is 24.1 Å². The van der Waals surface area contributed by atoms with Gasteiger partial charge in [0, 0.05) is 25.9 Å². The number of aromatic nitrogens is 2. The Kier molecular flexibility index (Phi) is 7.99. The van der Waals surface area contributed by atoms with Crippen LogP contribution in [0.25, 0.3) is 10.9 Å². The second-order valence-electron chi connectivity index (χ2n) is 8.67. The Balaban J connectivity index is 1.53. The molecule has 186 valence electrons. The van der Waals surface area contributed by atoms with Crippen molar-refractivity contribution in [3.8, 4) is 11.5 Å². The minimum Gasteiger partial charge on any atom is -0.491 e. The van der Waals surface area contributed by atoms with Gasteiger partial charge in [-0.25, -0.2) is 9.97 Å². The van der Waals surface area contributed by atoms with Gasteiger partial charge >= 0.3 is 0 Å². The van der Waals surface area contributed by atoms with Crippen molar-refractivity contribution in [1.29, 1.82) is 0 Å². The van der Waals surface area contributed by atoms with Crippen LogP contribution in [0.2, 0.25) is 0 Å². The summed E-state index contributed by atoms with van der Waals surface area (Å²) in [7, 11) is 1.63. The average molecular weight is 481 g/mol. The van der Waals surface area contributed by atoms with Crippen LogP contribution in [0.5, 0.6) is 11.5 Å². The van der Waals surface area contributed by atoms with Crippen molar-refractivity contribution in [2.24, 2.45) is 0 Å². The number of anilines is 2. The predicted molar refractivity (Wildman–Crippen MR) is 133 cm³/mol. The monoisotopic (exact) mass is 480 g/mol. The summed E-state index contributed by atoms with van der Waals surface area (Å²) in [6, 6.07) is 11.4. The zero-order valence-corrected chi connectivity index (χ0v) is 20.4. The molecule has 2 aromatic carbocycles. The van der Waals surface area contributed by atoms with Crippen LogP contribution in [0.4, 0.5) is 11.5 Å². The third-order valence-electron chi connectivity index (χ3n) is 5.97. The van der Waals surface area contributed by atoms with Crippen LogP contribution in [-0.4, -0.2) is 71.5 Å². The van der Waals surface area contributed by atoms with Gasteiger partial charge in [0.1, 0.15) is 30.3 Å². The first-order valence-electron chi connectivity index (χ1n) is 11.8. The maximum Gasteiger partial charge on any atom is 0.263 e. The molecule has 0 aliphatic carbocycles. The van der Waals surface area contributed by atoms with Crippen LogP contribution in [0.3, 0.4) is 0 Å². The molecule has 0 bridgehead atoms. The van der Waals surface area contributed by atoms with Crippen LogP contribution < -0.4 is 14.8 Å². The van der Waals surface area contributed by atoms with Crippen LogP contribution in [0, 0.1) is 6.92 Å². The first-order valence-corrected chi connectivity index (χ1v) is 11.8. The van der Waals surface area contributed by atoms with Gasteiger partial charge in [0.2, 0.25) is 0 Å². The minimum absolute atomic E-state index is 0.108. The largest absolute Gasteiger partial charge is 0.491 e. The maximum atomic E-state index is 12.6. The van der Waals surface area contributed by atoms with Crippen molar-refractivity contribution in [3.05, 3.63) is 48.3 Å². The summed E-state index contributed by atoms with van der Waals surface area (Å²) in [4.78, 5) is 22.8. The first kappa shape index (κ1) is 24.7. The third-order valence-corrected chi connectivity index (χ3v) is 5.97. The molecule has 2 atom stereocenters. The number of nitrogens with one attached hydrogen (secondary N) is 1. The number of aliphatic hydroxyl groups is 1. The van der Waals surface area contributed by atoms with Crippen molar-refractivity contribution in [2.75, 3.05) is 38.7 Å². The van der Waals surface area contributed by atoms with Gasteiger partial charge in [-0.15, -0.1) is 0 Å². The number of nitrogens with zero attached hydrogens (tertiary/aromatic N) is 3. The van der Waals surface area contributed by atoms with Gasteiger partial charge in [-0.2, -0.15) is 0 Å². The number of carbonyl (C=O) groups is 1. The van der Waals surface area contributed by atoms with Crippen LogP contribution >= 0.6 is 0 Å². The second-order valence-corrected chi connectivity index (χ2v) is 8.67. The molecule has 35 heavy (non-hydrogen) atoms. The fraction of sp³-hybridized carbons (Fsp3) is 0.423. The Bertz CT molecular complexity index is 1160. The molecule has 4 rings (SSSR count). The lowest BCUT2D eigenvalue weighted by Gasteiger charge is -2.22. The zero-order chi connectivity index (χ0) is 24.8. The molecule has 3 aromatic rings. The molecule has 1 aromatic heterocycles. The fourth-order valence-corrected chi connectivity index (χ4v) is 4.07. The highest BCUT2D eigenvalue weighted by atomic mass is 16.5. The number of amides is 1. The highest BCUT2D eigenvalue weighted by Gasteiger charge is 2.21. The van der Waals surface area contributed by atoms with Crippen LogP contribution in [0.1, 0.15) is 25.3 Å². The van der Waals surface area contributed by atoms with Gasteiger partial charge in [0.05, 0.1) is 23.6 Å². The molecule has 0 radical (unpaired) electrons. The molecule has 2 heterocycles. The van der Waals surface area contributed by atoms with E-state index in [9.17, 15) is 4.79 Å². The number of hydrogen-bond acceptors (Lipinski definition) is 8. The Morgan fingerprint density at radius 2 is 2.14 bits per heavy atom. The Morgan fingerprint density at radius 1 is 1.29 bits per heavy atom. The number of likely N-dealkylation sites (N-methyl/N-ethyl adjacent to an activating group) is 1. The number of ether oxygens (including phenoxy) is 3. The van der Waals surface area contributed by atoms with Gasteiger partial charge in [-0.3, -0.25) is 4.79 Å². The Labute approximate surface area is 205 Å². The lowest BCUT2D eigenvalue weighted by atomic mass is 10.1. The SMILES string of the molecule is Cc1cc(Nc2ncnc3cccc(O[C@H](C)C(=O)N(C)CCO)c23)ccc1OCC1CCCO1. The molecule has 1 amide bonds. The summed E-state index contributed by atoms with van der Waals surface area (Å²) in [5.41, 5.74) is 2.53. The molecule has 2 N–H and O–H groups in total. The number of hydrogen-bond donors (Lipinski definition) is 2. The van der Waals surface area contributed by atoms with E-state index in [-0.39, 0.29) is 25.2 Å². The summed E-state index contributed by atoms with van der Waals surface area (Å²) in [6.07, 6.45) is 3.03. The normalized spacial score (nSPS) is 16.2. The molecule has 1 unspecified atom stereocenters. The van der Waals surface area contributed by atoms with Gasteiger partial charge < -0.3 is 29.5 Å². The molecule has 0 saturated carbocycles. The smallest absolute Gasteiger partial charge is 0.263 e. The van der Waals surface area contributed by atoms with Crippen molar-refractivity contribution in [3.63, 3.8) is 0 Å². The second kappa shape index (κ2) is 11.3. The summed E-state index contributed by atoms with van der Waals surface area (Å²) in [5.74, 6) is 1.66. The van der Waals surface area contributed by atoms with E-state index in [1.54, 1.807) is 20.0 Å². The minimum atomic E-state index is -0.743. The quantitative estimate of drug-likeness (QED) is 0.455. The van der Waals surface area contributed by atoms with E-state index >= 15 is 0 Å².